The molecule has 2 amide bonds. The minimum atomic E-state index is -0.315. The Morgan fingerprint density at radius 2 is 1.96 bits per heavy atom. The Bertz CT molecular complexity index is 836. The van der Waals surface area contributed by atoms with Gasteiger partial charge in [-0.15, -0.1) is 0 Å². The molecule has 1 aliphatic rings. The Morgan fingerprint density at radius 3 is 2.72 bits per heavy atom. The van der Waals surface area contributed by atoms with E-state index >= 15 is 0 Å². The maximum absolute atomic E-state index is 12.5. The monoisotopic (exact) mass is 376 g/mol. The van der Waals surface area contributed by atoms with Gasteiger partial charge in [0.1, 0.15) is 0 Å². The Hall–Kier alpha value is -2.04. The molecule has 0 radical (unpaired) electrons. The smallest absolute Gasteiger partial charge is 0.257 e. The number of nitrogens with zero attached hydrogens (tertiary/aromatic N) is 1. The fraction of sp³-hybridized carbons (Fsp3) is 0.263. The summed E-state index contributed by atoms with van der Waals surface area (Å²) < 4.78 is 0. The van der Waals surface area contributed by atoms with Gasteiger partial charge in [0.05, 0.1) is 10.6 Å². The van der Waals surface area contributed by atoms with Gasteiger partial charge in [0.2, 0.25) is 5.91 Å². The predicted molar refractivity (Wildman–Crippen MR) is 102 cm³/mol. The van der Waals surface area contributed by atoms with Crippen LogP contribution >= 0.6 is 23.2 Å². The summed E-state index contributed by atoms with van der Waals surface area (Å²) in [5.74, 6) is -0.165. The Kier molecular flexibility index (Phi) is 5.30. The second-order valence-electron chi connectivity index (χ2n) is 5.97. The molecule has 0 saturated carbocycles. The number of anilines is 2. The number of fused-ring (bicyclic) bond motifs is 1. The summed E-state index contributed by atoms with van der Waals surface area (Å²) in [6.07, 6.45) is 2.07. The van der Waals surface area contributed by atoms with Crippen molar-refractivity contribution in [1.29, 1.82) is 0 Å². The molecule has 0 spiro atoms. The fourth-order valence-electron chi connectivity index (χ4n) is 2.98. The number of nitrogens with one attached hydrogen (secondary N) is 1. The first kappa shape index (κ1) is 17.8. The molecule has 1 aliphatic heterocycles. The molecule has 0 unspecified atom stereocenters. The zero-order valence-corrected chi connectivity index (χ0v) is 15.3. The summed E-state index contributed by atoms with van der Waals surface area (Å²) in [7, 11) is 0. The standard InChI is InChI=1S/C19H18Cl2N2O2/c1-2-9-23-17-7-5-14(10-12(17)3-8-18(23)24)22-19(25)15-11-13(20)4-6-16(15)21/h4-7,10-11H,2-3,8-9H2,1H3,(H,22,25). The van der Waals surface area contributed by atoms with Gasteiger partial charge in [0.25, 0.3) is 5.91 Å². The third-order valence-corrected chi connectivity index (χ3v) is 4.72. The molecule has 25 heavy (non-hydrogen) atoms. The average molecular weight is 377 g/mol. The van der Waals surface area contributed by atoms with Crippen molar-refractivity contribution in [2.24, 2.45) is 0 Å². The van der Waals surface area contributed by atoms with Gasteiger partial charge in [-0.2, -0.15) is 0 Å². The number of rotatable bonds is 4. The maximum atomic E-state index is 12.5. The SMILES string of the molecule is CCCN1C(=O)CCc2cc(NC(=O)c3cc(Cl)ccc3Cl)ccc21. The van der Waals surface area contributed by atoms with Crippen molar-refractivity contribution < 1.29 is 9.59 Å². The van der Waals surface area contributed by atoms with E-state index in [1.807, 2.05) is 24.0 Å². The number of benzene rings is 2. The lowest BCUT2D eigenvalue weighted by Gasteiger charge is -2.29. The summed E-state index contributed by atoms with van der Waals surface area (Å²) in [5.41, 5.74) is 2.99. The molecule has 2 aromatic rings. The maximum Gasteiger partial charge on any atom is 0.257 e. The lowest BCUT2D eigenvalue weighted by Crippen LogP contribution is -2.35. The first-order valence-electron chi connectivity index (χ1n) is 8.19. The quantitative estimate of drug-likeness (QED) is 0.821. The largest absolute Gasteiger partial charge is 0.322 e. The molecular formula is C19H18Cl2N2O2. The van der Waals surface area contributed by atoms with Crippen LogP contribution in [0.5, 0.6) is 0 Å². The molecule has 130 valence electrons. The molecule has 0 aliphatic carbocycles. The lowest BCUT2D eigenvalue weighted by molar-refractivity contribution is -0.118. The highest BCUT2D eigenvalue weighted by Gasteiger charge is 2.23. The number of carbonyl (C=O) groups is 2. The molecule has 0 fully saturated rings. The highest BCUT2D eigenvalue weighted by molar-refractivity contribution is 6.36. The van der Waals surface area contributed by atoms with Gasteiger partial charge < -0.3 is 10.2 Å². The van der Waals surface area contributed by atoms with Gasteiger partial charge in [-0.05, 0) is 54.8 Å². The van der Waals surface area contributed by atoms with E-state index in [2.05, 4.69) is 5.32 Å². The average Bonchev–Trinajstić information content (AvgIpc) is 2.59. The van der Waals surface area contributed by atoms with Crippen molar-refractivity contribution in [3.05, 3.63) is 57.6 Å². The van der Waals surface area contributed by atoms with Crippen molar-refractivity contribution in [1.82, 2.24) is 0 Å². The third kappa shape index (κ3) is 3.80. The first-order chi connectivity index (χ1) is 12.0. The molecule has 3 rings (SSSR count). The zero-order chi connectivity index (χ0) is 18.0. The number of carbonyl (C=O) groups excluding carboxylic acids is 2. The van der Waals surface area contributed by atoms with Crippen molar-refractivity contribution in [3.63, 3.8) is 0 Å². The van der Waals surface area contributed by atoms with Crippen LogP contribution in [0.4, 0.5) is 11.4 Å². The summed E-state index contributed by atoms with van der Waals surface area (Å²) in [5, 5.41) is 3.65. The fourth-order valence-corrected chi connectivity index (χ4v) is 3.35. The van der Waals surface area contributed by atoms with E-state index in [0.29, 0.717) is 40.7 Å². The van der Waals surface area contributed by atoms with Crippen LogP contribution in [0.3, 0.4) is 0 Å². The zero-order valence-electron chi connectivity index (χ0n) is 13.8. The van der Waals surface area contributed by atoms with Crippen LogP contribution in [0.2, 0.25) is 10.0 Å². The van der Waals surface area contributed by atoms with Gasteiger partial charge in [0, 0.05) is 29.4 Å². The number of hydrogen-bond acceptors (Lipinski definition) is 2. The molecule has 1 heterocycles. The summed E-state index contributed by atoms with van der Waals surface area (Å²) in [4.78, 5) is 26.4. The number of halogens is 2. The van der Waals surface area contributed by atoms with E-state index in [9.17, 15) is 9.59 Å². The molecule has 0 bridgehead atoms. The van der Waals surface area contributed by atoms with E-state index in [0.717, 1.165) is 17.7 Å². The molecule has 2 aromatic carbocycles. The summed E-state index contributed by atoms with van der Waals surface area (Å²) >= 11 is 12.0. The molecule has 0 aromatic heterocycles. The van der Waals surface area contributed by atoms with Crippen molar-refractivity contribution in [3.8, 4) is 0 Å². The third-order valence-electron chi connectivity index (χ3n) is 4.16. The molecule has 1 N–H and O–H groups in total. The van der Waals surface area contributed by atoms with Gasteiger partial charge in [0.15, 0.2) is 0 Å². The van der Waals surface area contributed by atoms with Crippen LogP contribution in [0.25, 0.3) is 0 Å². The van der Waals surface area contributed by atoms with E-state index in [1.54, 1.807) is 24.3 Å². The second kappa shape index (κ2) is 7.46. The van der Waals surface area contributed by atoms with Gasteiger partial charge in [-0.3, -0.25) is 9.59 Å². The van der Waals surface area contributed by atoms with E-state index < -0.39 is 0 Å². The first-order valence-corrected chi connectivity index (χ1v) is 8.95. The molecule has 0 saturated heterocycles. The van der Waals surface area contributed by atoms with Crippen molar-refractivity contribution in [2.45, 2.75) is 26.2 Å². The number of aryl methyl sites for hydroxylation is 1. The van der Waals surface area contributed by atoms with Crippen LogP contribution in [0.15, 0.2) is 36.4 Å². The van der Waals surface area contributed by atoms with Crippen LogP contribution in [-0.2, 0) is 11.2 Å². The molecule has 4 nitrogen and oxygen atoms in total. The second-order valence-corrected chi connectivity index (χ2v) is 6.81. The Morgan fingerprint density at radius 1 is 1.16 bits per heavy atom. The van der Waals surface area contributed by atoms with Gasteiger partial charge >= 0.3 is 0 Å². The van der Waals surface area contributed by atoms with E-state index in [-0.39, 0.29) is 11.8 Å². The number of hydrogen-bond donors (Lipinski definition) is 1. The van der Waals surface area contributed by atoms with Gasteiger partial charge in [-0.1, -0.05) is 30.1 Å². The van der Waals surface area contributed by atoms with Crippen LogP contribution < -0.4 is 10.2 Å². The van der Waals surface area contributed by atoms with Crippen LogP contribution in [-0.4, -0.2) is 18.4 Å². The van der Waals surface area contributed by atoms with Crippen LogP contribution in [0, 0.1) is 0 Å². The minimum Gasteiger partial charge on any atom is -0.322 e. The normalized spacial score (nSPS) is 13.6. The predicted octanol–water partition coefficient (Wildman–Crippen LogP) is 4.93. The van der Waals surface area contributed by atoms with Crippen molar-refractivity contribution >= 4 is 46.4 Å². The highest BCUT2D eigenvalue weighted by Crippen LogP contribution is 2.31. The molecule has 6 heteroatoms. The van der Waals surface area contributed by atoms with Crippen LogP contribution in [0.1, 0.15) is 35.7 Å². The minimum absolute atomic E-state index is 0.150. The Balaban J connectivity index is 1.84. The van der Waals surface area contributed by atoms with E-state index in [4.69, 9.17) is 23.2 Å². The summed E-state index contributed by atoms with van der Waals surface area (Å²) in [6.45, 7) is 2.75. The molecule has 0 atom stereocenters. The summed E-state index contributed by atoms with van der Waals surface area (Å²) in [6, 6.07) is 10.4. The topological polar surface area (TPSA) is 49.4 Å². The number of amides is 2. The highest BCUT2D eigenvalue weighted by atomic mass is 35.5. The molecular weight excluding hydrogens is 359 g/mol. The Labute approximate surface area is 156 Å². The van der Waals surface area contributed by atoms with Crippen molar-refractivity contribution in [2.75, 3.05) is 16.8 Å². The van der Waals surface area contributed by atoms with E-state index in [1.165, 1.54) is 0 Å². The lowest BCUT2D eigenvalue weighted by atomic mass is 10.00. The van der Waals surface area contributed by atoms with Gasteiger partial charge in [-0.25, -0.2) is 0 Å².